The molecule has 6 nitrogen and oxygen atoms in total. The van der Waals surface area contributed by atoms with Gasteiger partial charge in [-0.15, -0.1) is 0 Å². The Kier molecular flexibility index (Phi) is 4.11. The molecule has 0 bridgehead atoms. The van der Waals surface area contributed by atoms with Crippen LogP contribution in [-0.2, 0) is 9.53 Å². The minimum atomic E-state index is -0.551. The Morgan fingerprint density at radius 3 is 2.68 bits per heavy atom. The second kappa shape index (κ2) is 5.79. The molecule has 1 aromatic rings. The van der Waals surface area contributed by atoms with Crippen molar-refractivity contribution in [1.29, 1.82) is 0 Å². The van der Waals surface area contributed by atoms with E-state index in [1.54, 1.807) is 43.5 Å². The predicted octanol–water partition coefficient (Wildman–Crippen LogP) is 0.0108. The summed E-state index contributed by atoms with van der Waals surface area (Å²) in [4.78, 5) is 31.4. The summed E-state index contributed by atoms with van der Waals surface area (Å²) in [5.74, 6) is -0.284. The molecule has 2 heterocycles. The maximum atomic E-state index is 12.4. The number of morpholine rings is 1. The zero-order valence-corrected chi connectivity index (χ0v) is 11.1. The third kappa shape index (κ3) is 2.90. The van der Waals surface area contributed by atoms with Crippen molar-refractivity contribution in [2.75, 3.05) is 33.9 Å². The van der Waals surface area contributed by atoms with Gasteiger partial charge in [0, 0.05) is 38.6 Å². The third-order valence-electron chi connectivity index (χ3n) is 3.04. The van der Waals surface area contributed by atoms with Gasteiger partial charge in [0.15, 0.2) is 0 Å². The first kappa shape index (κ1) is 13.5. The van der Waals surface area contributed by atoms with Crippen molar-refractivity contribution in [3.05, 3.63) is 30.1 Å². The van der Waals surface area contributed by atoms with Crippen LogP contribution in [0.25, 0.3) is 0 Å². The van der Waals surface area contributed by atoms with Gasteiger partial charge >= 0.3 is 0 Å². The van der Waals surface area contributed by atoms with E-state index in [1.165, 1.54) is 4.90 Å². The number of rotatable bonds is 2. The summed E-state index contributed by atoms with van der Waals surface area (Å²) in [5.41, 5.74) is 0.536. The number of carbonyl (C=O) groups excluding carboxylic acids is 2. The van der Waals surface area contributed by atoms with Crippen LogP contribution in [0, 0.1) is 0 Å². The summed E-state index contributed by atoms with van der Waals surface area (Å²) >= 11 is 0. The van der Waals surface area contributed by atoms with Crippen LogP contribution in [0.2, 0.25) is 0 Å². The topological polar surface area (TPSA) is 62.7 Å². The lowest BCUT2D eigenvalue weighted by atomic mass is 10.1. The molecule has 1 aliphatic heterocycles. The van der Waals surface area contributed by atoms with Crippen molar-refractivity contribution in [3.63, 3.8) is 0 Å². The number of ether oxygens (including phenoxy) is 1. The van der Waals surface area contributed by atoms with E-state index in [9.17, 15) is 9.59 Å². The normalized spacial score (nSPS) is 19.1. The van der Waals surface area contributed by atoms with E-state index in [0.29, 0.717) is 18.7 Å². The Balaban J connectivity index is 2.20. The zero-order chi connectivity index (χ0) is 13.8. The molecule has 1 aliphatic rings. The van der Waals surface area contributed by atoms with Gasteiger partial charge in [0.25, 0.3) is 5.91 Å². The second-order valence-corrected chi connectivity index (χ2v) is 4.56. The fourth-order valence-corrected chi connectivity index (χ4v) is 2.01. The molecule has 0 saturated carbocycles. The largest absolute Gasteiger partial charge is 0.377 e. The van der Waals surface area contributed by atoms with Gasteiger partial charge in [-0.3, -0.25) is 14.6 Å². The lowest BCUT2D eigenvalue weighted by Gasteiger charge is -2.35. The van der Waals surface area contributed by atoms with Gasteiger partial charge in [-0.2, -0.15) is 0 Å². The van der Waals surface area contributed by atoms with Gasteiger partial charge in [-0.25, -0.2) is 0 Å². The van der Waals surface area contributed by atoms with Crippen molar-refractivity contribution in [2.45, 2.75) is 6.04 Å². The van der Waals surface area contributed by atoms with E-state index in [0.717, 1.165) is 0 Å². The van der Waals surface area contributed by atoms with E-state index >= 15 is 0 Å². The highest BCUT2D eigenvalue weighted by Crippen LogP contribution is 2.13. The molecule has 0 N–H and O–H groups in total. The average Bonchev–Trinajstić information content (AvgIpc) is 2.46. The van der Waals surface area contributed by atoms with Gasteiger partial charge in [-0.1, -0.05) is 0 Å². The van der Waals surface area contributed by atoms with Crippen molar-refractivity contribution in [2.24, 2.45) is 0 Å². The van der Waals surface area contributed by atoms with Gasteiger partial charge in [0.2, 0.25) is 5.91 Å². The lowest BCUT2D eigenvalue weighted by Crippen LogP contribution is -2.55. The van der Waals surface area contributed by atoms with Crippen molar-refractivity contribution in [1.82, 2.24) is 14.8 Å². The maximum Gasteiger partial charge on any atom is 0.254 e. The van der Waals surface area contributed by atoms with Crippen LogP contribution >= 0.6 is 0 Å². The molecule has 19 heavy (non-hydrogen) atoms. The molecule has 1 fully saturated rings. The van der Waals surface area contributed by atoms with Crippen LogP contribution < -0.4 is 0 Å². The molecule has 1 atom stereocenters. The molecule has 2 amide bonds. The Morgan fingerprint density at radius 1 is 1.37 bits per heavy atom. The van der Waals surface area contributed by atoms with Crippen LogP contribution in [-0.4, -0.2) is 66.5 Å². The van der Waals surface area contributed by atoms with Crippen molar-refractivity contribution >= 4 is 11.8 Å². The average molecular weight is 263 g/mol. The molecule has 2 rings (SSSR count). The van der Waals surface area contributed by atoms with Crippen LogP contribution in [0.1, 0.15) is 10.4 Å². The van der Waals surface area contributed by atoms with Crippen LogP contribution in [0.15, 0.2) is 24.5 Å². The predicted molar refractivity (Wildman–Crippen MR) is 68.6 cm³/mol. The molecule has 0 aromatic carbocycles. The van der Waals surface area contributed by atoms with E-state index in [-0.39, 0.29) is 18.4 Å². The SMILES string of the molecule is CN(C)C(=O)C1COCCN1C(=O)c1ccncc1. The number of carbonyl (C=O) groups is 2. The fraction of sp³-hybridized carbons (Fsp3) is 0.462. The first-order valence-electron chi connectivity index (χ1n) is 6.11. The van der Waals surface area contributed by atoms with Crippen molar-refractivity contribution < 1.29 is 14.3 Å². The van der Waals surface area contributed by atoms with Crippen molar-refractivity contribution in [3.8, 4) is 0 Å². The van der Waals surface area contributed by atoms with Crippen LogP contribution in [0.4, 0.5) is 0 Å². The molecular formula is C13H17N3O3. The standard InChI is InChI=1S/C13H17N3O3/c1-15(2)13(18)11-9-19-8-7-16(11)12(17)10-3-5-14-6-4-10/h3-6,11H,7-9H2,1-2H3. The van der Waals surface area contributed by atoms with E-state index in [1.807, 2.05) is 0 Å². The Hall–Kier alpha value is -1.95. The molecule has 1 aromatic heterocycles. The molecule has 6 heteroatoms. The molecular weight excluding hydrogens is 246 g/mol. The zero-order valence-electron chi connectivity index (χ0n) is 11.1. The van der Waals surface area contributed by atoms with Gasteiger partial charge in [0.1, 0.15) is 6.04 Å². The maximum absolute atomic E-state index is 12.4. The quantitative estimate of drug-likeness (QED) is 0.754. The molecule has 1 saturated heterocycles. The van der Waals surface area contributed by atoms with Crippen LogP contribution in [0.5, 0.6) is 0 Å². The number of pyridine rings is 1. The minimum Gasteiger partial charge on any atom is -0.377 e. The summed E-state index contributed by atoms with van der Waals surface area (Å²) in [7, 11) is 3.35. The Bertz CT molecular complexity index is 461. The van der Waals surface area contributed by atoms with E-state index in [4.69, 9.17) is 4.74 Å². The Labute approximate surface area is 112 Å². The monoisotopic (exact) mass is 263 g/mol. The lowest BCUT2D eigenvalue weighted by molar-refractivity contribution is -0.138. The number of nitrogens with zero attached hydrogens (tertiary/aromatic N) is 3. The van der Waals surface area contributed by atoms with E-state index in [2.05, 4.69) is 4.98 Å². The van der Waals surface area contributed by atoms with Gasteiger partial charge in [-0.05, 0) is 12.1 Å². The number of amides is 2. The minimum absolute atomic E-state index is 0.123. The summed E-state index contributed by atoms with van der Waals surface area (Å²) in [6.45, 7) is 1.12. The third-order valence-corrected chi connectivity index (χ3v) is 3.04. The molecule has 0 spiro atoms. The van der Waals surface area contributed by atoms with Crippen LogP contribution in [0.3, 0.4) is 0 Å². The van der Waals surface area contributed by atoms with Gasteiger partial charge in [0.05, 0.1) is 13.2 Å². The highest BCUT2D eigenvalue weighted by Gasteiger charge is 2.34. The highest BCUT2D eigenvalue weighted by atomic mass is 16.5. The second-order valence-electron chi connectivity index (χ2n) is 4.56. The summed E-state index contributed by atoms with van der Waals surface area (Å²) in [5, 5.41) is 0. The number of hydrogen-bond acceptors (Lipinski definition) is 4. The molecule has 1 unspecified atom stereocenters. The fourth-order valence-electron chi connectivity index (χ4n) is 2.01. The molecule has 0 radical (unpaired) electrons. The first-order valence-corrected chi connectivity index (χ1v) is 6.11. The number of aromatic nitrogens is 1. The first-order chi connectivity index (χ1) is 9.11. The van der Waals surface area contributed by atoms with Gasteiger partial charge < -0.3 is 14.5 Å². The summed E-state index contributed by atoms with van der Waals surface area (Å²) in [6.07, 6.45) is 3.13. The number of hydrogen-bond donors (Lipinski definition) is 0. The molecule has 102 valence electrons. The summed E-state index contributed by atoms with van der Waals surface area (Å²) < 4.78 is 5.32. The smallest absolute Gasteiger partial charge is 0.254 e. The van der Waals surface area contributed by atoms with E-state index < -0.39 is 6.04 Å². The highest BCUT2D eigenvalue weighted by molar-refractivity contribution is 5.97. The summed E-state index contributed by atoms with van der Waals surface area (Å²) in [6, 6.07) is 2.74. The number of likely N-dealkylation sites (N-methyl/N-ethyl adjacent to an activating group) is 1. The molecule has 0 aliphatic carbocycles. The Morgan fingerprint density at radius 2 is 2.05 bits per heavy atom.